The van der Waals surface area contributed by atoms with Gasteiger partial charge < -0.3 is 0 Å². The molecule has 2 heteroatoms. The van der Waals surface area contributed by atoms with Gasteiger partial charge in [0.2, 0.25) is 0 Å². The summed E-state index contributed by atoms with van der Waals surface area (Å²) in [6, 6.07) is 0. The highest BCUT2D eigenvalue weighted by Gasteiger charge is 1.97. The SMILES string of the molecule is [C]1CSCCS1. The van der Waals surface area contributed by atoms with Crippen LogP contribution in [-0.2, 0) is 0 Å². The Kier molecular flexibility index (Phi) is 2.27. The lowest BCUT2D eigenvalue weighted by atomic mass is 10.9. The maximum absolute atomic E-state index is 3.16. The van der Waals surface area contributed by atoms with Crippen molar-refractivity contribution in [3.05, 3.63) is 5.75 Å². The van der Waals surface area contributed by atoms with Gasteiger partial charge >= 0.3 is 0 Å². The fourth-order valence-electron chi connectivity index (χ4n) is 0.328. The van der Waals surface area contributed by atoms with Crippen LogP contribution < -0.4 is 0 Å². The van der Waals surface area contributed by atoms with Crippen molar-refractivity contribution in [2.24, 2.45) is 0 Å². The van der Waals surface area contributed by atoms with E-state index in [9.17, 15) is 0 Å². The summed E-state index contributed by atoms with van der Waals surface area (Å²) < 4.78 is 0. The molecule has 0 unspecified atom stereocenters. The molecule has 1 saturated heterocycles. The van der Waals surface area contributed by atoms with Gasteiger partial charge in [-0.2, -0.15) is 23.5 Å². The lowest BCUT2D eigenvalue weighted by Gasteiger charge is -2.04. The molecule has 0 nitrogen and oxygen atoms in total. The molecular weight excluding hydrogens is 112 g/mol. The quantitative estimate of drug-likeness (QED) is 0.473. The Labute approximate surface area is 47.1 Å². The van der Waals surface area contributed by atoms with Crippen molar-refractivity contribution in [2.45, 2.75) is 0 Å². The van der Waals surface area contributed by atoms with Crippen LogP contribution in [0, 0.1) is 5.75 Å². The van der Waals surface area contributed by atoms with Gasteiger partial charge in [0.25, 0.3) is 0 Å². The van der Waals surface area contributed by atoms with E-state index in [2.05, 4.69) is 5.75 Å². The molecule has 0 saturated carbocycles. The van der Waals surface area contributed by atoms with Crippen molar-refractivity contribution in [3.63, 3.8) is 0 Å². The minimum Gasteiger partial charge on any atom is -0.160 e. The smallest absolute Gasteiger partial charge is 0.0588 e. The number of hydrogen-bond donors (Lipinski definition) is 0. The van der Waals surface area contributed by atoms with Crippen LogP contribution in [-0.4, -0.2) is 17.3 Å². The van der Waals surface area contributed by atoms with Crippen LogP contribution in [0.5, 0.6) is 0 Å². The first-order valence-electron chi connectivity index (χ1n) is 1.92. The Morgan fingerprint density at radius 1 is 1.33 bits per heavy atom. The molecule has 1 aliphatic heterocycles. The predicted molar refractivity (Wildman–Crippen MR) is 33.0 cm³/mol. The third-order valence-electron chi connectivity index (χ3n) is 0.593. The average Bonchev–Trinajstić information content (AvgIpc) is 1.72. The number of thioether (sulfide) groups is 2. The van der Waals surface area contributed by atoms with E-state index in [-0.39, 0.29) is 0 Å². The van der Waals surface area contributed by atoms with Crippen molar-refractivity contribution in [1.82, 2.24) is 0 Å². The summed E-state index contributed by atoms with van der Waals surface area (Å²) in [6.45, 7) is 0. The maximum atomic E-state index is 3.16. The van der Waals surface area contributed by atoms with E-state index in [4.69, 9.17) is 0 Å². The van der Waals surface area contributed by atoms with Crippen LogP contribution >= 0.6 is 23.5 Å². The molecule has 0 spiro atoms. The van der Waals surface area contributed by atoms with E-state index in [1.54, 1.807) is 0 Å². The number of rotatable bonds is 0. The highest BCUT2D eigenvalue weighted by atomic mass is 32.2. The summed E-state index contributed by atoms with van der Waals surface area (Å²) in [7, 11) is 0. The van der Waals surface area contributed by atoms with Gasteiger partial charge in [-0.25, -0.2) is 0 Å². The summed E-state index contributed by atoms with van der Waals surface area (Å²) in [4.78, 5) is 0. The van der Waals surface area contributed by atoms with Crippen LogP contribution in [0.25, 0.3) is 0 Å². The van der Waals surface area contributed by atoms with Crippen molar-refractivity contribution in [3.8, 4) is 0 Å². The molecule has 6 heavy (non-hydrogen) atoms. The second-order valence-electron chi connectivity index (χ2n) is 1.05. The van der Waals surface area contributed by atoms with E-state index in [1.807, 2.05) is 23.5 Å². The zero-order chi connectivity index (χ0) is 4.24. The van der Waals surface area contributed by atoms with Gasteiger partial charge in [0.15, 0.2) is 0 Å². The Morgan fingerprint density at radius 2 is 2.33 bits per heavy atom. The van der Waals surface area contributed by atoms with Crippen LogP contribution in [0.2, 0.25) is 0 Å². The topological polar surface area (TPSA) is 0 Å². The van der Waals surface area contributed by atoms with Crippen molar-refractivity contribution in [2.75, 3.05) is 17.3 Å². The largest absolute Gasteiger partial charge is 0.160 e. The van der Waals surface area contributed by atoms with Gasteiger partial charge in [0.1, 0.15) is 0 Å². The average molecular weight is 118 g/mol. The lowest BCUT2D eigenvalue weighted by Crippen LogP contribution is -1.92. The van der Waals surface area contributed by atoms with Gasteiger partial charge in [-0.05, 0) is 0 Å². The Hall–Kier alpha value is 0.700. The zero-order valence-electron chi connectivity index (χ0n) is 3.44. The summed E-state index contributed by atoms with van der Waals surface area (Å²) in [5.41, 5.74) is 0. The molecule has 0 atom stereocenters. The minimum atomic E-state index is 1.13. The van der Waals surface area contributed by atoms with Crippen LogP contribution in [0.15, 0.2) is 0 Å². The fourth-order valence-corrected chi connectivity index (χ4v) is 2.09. The molecular formula is C4H6S2. The molecule has 34 valence electrons. The van der Waals surface area contributed by atoms with Crippen LogP contribution in [0.1, 0.15) is 0 Å². The van der Waals surface area contributed by atoms with Crippen molar-refractivity contribution >= 4 is 23.5 Å². The fraction of sp³-hybridized carbons (Fsp3) is 0.750. The Morgan fingerprint density at radius 3 is 2.50 bits per heavy atom. The molecule has 1 heterocycles. The molecule has 0 amide bonds. The van der Waals surface area contributed by atoms with E-state index < -0.39 is 0 Å². The first-order chi connectivity index (χ1) is 3.00. The summed E-state index contributed by atoms with van der Waals surface area (Å²) in [5, 5.41) is 0. The van der Waals surface area contributed by atoms with Gasteiger partial charge in [0.05, 0.1) is 5.75 Å². The molecule has 0 aromatic heterocycles. The molecule has 0 aromatic carbocycles. The molecule has 0 aromatic rings. The Bertz CT molecular complexity index is 21.0. The first-order valence-corrected chi connectivity index (χ1v) is 4.06. The van der Waals surface area contributed by atoms with Gasteiger partial charge in [0, 0.05) is 17.3 Å². The van der Waals surface area contributed by atoms with Crippen LogP contribution in [0.3, 0.4) is 0 Å². The second-order valence-corrected chi connectivity index (χ2v) is 3.14. The van der Waals surface area contributed by atoms with Crippen LogP contribution in [0.4, 0.5) is 0 Å². The highest BCUT2D eigenvalue weighted by molar-refractivity contribution is 8.07. The van der Waals surface area contributed by atoms with Gasteiger partial charge in [-0.15, -0.1) is 0 Å². The zero-order valence-corrected chi connectivity index (χ0v) is 5.07. The number of hydrogen-bond acceptors (Lipinski definition) is 2. The summed E-state index contributed by atoms with van der Waals surface area (Å²) >= 11 is 3.79. The highest BCUT2D eigenvalue weighted by Crippen LogP contribution is 2.18. The van der Waals surface area contributed by atoms with E-state index >= 15 is 0 Å². The third-order valence-corrected chi connectivity index (χ3v) is 2.63. The summed E-state index contributed by atoms with van der Waals surface area (Å²) in [5.74, 6) is 6.88. The second kappa shape index (κ2) is 2.80. The van der Waals surface area contributed by atoms with Crippen molar-refractivity contribution in [1.29, 1.82) is 0 Å². The molecule has 1 aliphatic rings. The lowest BCUT2D eigenvalue weighted by molar-refractivity contribution is 1.50. The Balaban J connectivity index is 2.00. The standard InChI is InChI=1S/C4H6S2/c1-2-6-4-3-5-1/h1-3H2. The van der Waals surface area contributed by atoms with Crippen molar-refractivity contribution < 1.29 is 0 Å². The van der Waals surface area contributed by atoms with E-state index in [0.29, 0.717) is 0 Å². The molecule has 0 N–H and O–H groups in total. The molecule has 0 aliphatic carbocycles. The monoisotopic (exact) mass is 118 g/mol. The van der Waals surface area contributed by atoms with Gasteiger partial charge in [-0.3, -0.25) is 0 Å². The molecule has 1 rings (SSSR count). The summed E-state index contributed by atoms with van der Waals surface area (Å²) in [6.07, 6.45) is 0. The van der Waals surface area contributed by atoms with E-state index in [1.165, 1.54) is 11.5 Å². The minimum absolute atomic E-state index is 1.13. The molecule has 0 bridgehead atoms. The predicted octanol–water partition coefficient (Wildman–Crippen LogP) is 1.51. The normalized spacial score (nSPS) is 24.0. The van der Waals surface area contributed by atoms with E-state index in [0.717, 1.165) is 5.75 Å². The molecule has 2 radical (unpaired) electrons. The maximum Gasteiger partial charge on any atom is 0.0588 e. The van der Waals surface area contributed by atoms with Gasteiger partial charge in [-0.1, -0.05) is 0 Å². The first kappa shape index (κ1) is 4.85. The molecule has 1 fully saturated rings. The third kappa shape index (κ3) is 1.43.